The van der Waals surface area contributed by atoms with Gasteiger partial charge in [0.25, 0.3) is 0 Å². The van der Waals surface area contributed by atoms with E-state index < -0.39 is 0 Å². The topological polar surface area (TPSA) is 68.6 Å². The molecule has 1 aromatic carbocycles. The number of aromatic nitrogens is 2. The molecule has 1 saturated heterocycles. The first-order chi connectivity index (χ1) is 12.7. The molecule has 1 N–H and O–H groups in total. The zero-order valence-corrected chi connectivity index (χ0v) is 14.9. The van der Waals surface area contributed by atoms with Gasteiger partial charge in [-0.05, 0) is 37.5 Å². The van der Waals surface area contributed by atoms with Crippen LogP contribution in [0.5, 0.6) is 11.5 Å². The van der Waals surface area contributed by atoms with Gasteiger partial charge in [-0.3, -0.25) is 0 Å². The Morgan fingerprint density at radius 3 is 3.00 bits per heavy atom. The van der Waals surface area contributed by atoms with Crippen LogP contribution in [0.3, 0.4) is 0 Å². The molecule has 2 aliphatic heterocycles. The third-order valence-corrected chi connectivity index (χ3v) is 4.88. The molecule has 2 amide bonds. The third-order valence-electron chi connectivity index (χ3n) is 4.88. The van der Waals surface area contributed by atoms with E-state index in [-0.39, 0.29) is 18.1 Å². The molecule has 7 heteroatoms. The van der Waals surface area contributed by atoms with Gasteiger partial charge in [-0.15, -0.1) is 0 Å². The van der Waals surface area contributed by atoms with E-state index in [2.05, 4.69) is 10.3 Å². The van der Waals surface area contributed by atoms with Gasteiger partial charge in [-0.25, -0.2) is 9.78 Å². The van der Waals surface area contributed by atoms with Crippen molar-refractivity contribution in [2.75, 3.05) is 19.8 Å². The van der Waals surface area contributed by atoms with Gasteiger partial charge in [0.1, 0.15) is 13.2 Å². The number of benzene rings is 1. The first-order valence-electron chi connectivity index (χ1n) is 9.13. The van der Waals surface area contributed by atoms with E-state index in [1.807, 2.05) is 40.8 Å². The highest BCUT2D eigenvalue weighted by atomic mass is 16.6. The van der Waals surface area contributed by atoms with Crippen LogP contribution in [0.4, 0.5) is 4.79 Å². The molecule has 3 heterocycles. The second kappa shape index (κ2) is 7.27. The first kappa shape index (κ1) is 16.8. The van der Waals surface area contributed by atoms with Crippen molar-refractivity contribution in [2.45, 2.75) is 38.4 Å². The van der Waals surface area contributed by atoms with Crippen molar-refractivity contribution in [1.29, 1.82) is 0 Å². The SMILES string of the molecule is C[C@@H](Cn1ccnc1)NC(=O)N1CCC[C@@H]1c1ccc2c(c1)OCCO2. The zero-order chi connectivity index (χ0) is 17.9. The summed E-state index contributed by atoms with van der Waals surface area (Å²) in [5, 5.41) is 3.10. The standard InChI is InChI=1S/C19H24N4O3/c1-14(12-22-8-6-20-13-22)21-19(24)23-7-2-3-16(23)15-4-5-17-18(11-15)26-10-9-25-17/h4-6,8,11,13-14,16H,2-3,7,9-10,12H2,1H3,(H,21,24)/t14-,16+/m0/s1. The van der Waals surface area contributed by atoms with Gasteiger partial charge in [0.2, 0.25) is 0 Å². The number of rotatable bonds is 4. The highest BCUT2D eigenvalue weighted by Crippen LogP contribution is 2.38. The van der Waals surface area contributed by atoms with Gasteiger partial charge < -0.3 is 24.3 Å². The molecule has 2 aromatic rings. The maximum absolute atomic E-state index is 12.8. The van der Waals surface area contributed by atoms with E-state index >= 15 is 0 Å². The summed E-state index contributed by atoms with van der Waals surface area (Å²) in [4.78, 5) is 18.8. The Morgan fingerprint density at radius 1 is 1.35 bits per heavy atom. The highest BCUT2D eigenvalue weighted by Gasteiger charge is 2.31. The van der Waals surface area contributed by atoms with Gasteiger partial charge in [-0.2, -0.15) is 0 Å². The van der Waals surface area contributed by atoms with Gasteiger partial charge in [-0.1, -0.05) is 6.07 Å². The number of amides is 2. The molecular weight excluding hydrogens is 332 g/mol. The van der Waals surface area contributed by atoms with E-state index in [9.17, 15) is 4.79 Å². The minimum Gasteiger partial charge on any atom is -0.486 e. The van der Waals surface area contributed by atoms with Crippen LogP contribution >= 0.6 is 0 Å². The number of ether oxygens (including phenoxy) is 2. The number of hydrogen-bond acceptors (Lipinski definition) is 4. The molecule has 2 aliphatic rings. The van der Waals surface area contributed by atoms with Crippen LogP contribution in [0.2, 0.25) is 0 Å². The number of nitrogens with one attached hydrogen (secondary N) is 1. The van der Waals surface area contributed by atoms with Crippen molar-refractivity contribution in [3.8, 4) is 11.5 Å². The van der Waals surface area contributed by atoms with Crippen molar-refractivity contribution in [2.24, 2.45) is 0 Å². The average molecular weight is 356 g/mol. The van der Waals surface area contributed by atoms with Crippen molar-refractivity contribution < 1.29 is 14.3 Å². The van der Waals surface area contributed by atoms with E-state index in [4.69, 9.17) is 9.47 Å². The molecule has 0 saturated carbocycles. The molecular formula is C19H24N4O3. The second-order valence-electron chi connectivity index (χ2n) is 6.86. The van der Waals surface area contributed by atoms with Crippen LogP contribution < -0.4 is 14.8 Å². The normalized spacial score (nSPS) is 20.0. The van der Waals surface area contributed by atoms with Crippen LogP contribution in [-0.4, -0.2) is 46.3 Å². The Morgan fingerprint density at radius 2 is 2.19 bits per heavy atom. The summed E-state index contributed by atoms with van der Waals surface area (Å²) in [5.74, 6) is 1.55. The minimum absolute atomic E-state index is 0.0185. The molecule has 0 aliphatic carbocycles. The largest absolute Gasteiger partial charge is 0.486 e. The monoisotopic (exact) mass is 356 g/mol. The quantitative estimate of drug-likeness (QED) is 0.914. The Balaban J connectivity index is 1.43. The number of carbonyl (C=O) groups excluding carboxylic acids is 1. The first-order valence-corrected chi connectivity index (χ1v) is 9.13. The molecule has 4 rings (SSSR count). The molecule has 0 bridgehead atoms. The Kier molecular flexibility index (Phi) is 4.69. The van der Waals surface area contributed by atoms with E-state index in [1.54, 1.807) is 12.5 Å². The summed E-state index contributed by atoms with van der Waals surface area (Å²) in [6, 6.07) is 6.08. The average Bonchev–Trinajstić information content (AvgIpc) is 3.32. The number of carbonyl (C=O) groups is 1. The molecule has 7 nitrogen and oxygen atoms in total. The fourth-order valence-electron chi connectivity index (χ4n) is 3.67. The van der Waals surface area contributed by atoms with E-state index in [1.165, 1.54) is 0 Å². The Bertz CT molecular complexity index is 762. The number of hydrogen-bond donors (Lipinski definition) is 1. The van der Waals surface area contributed by atoms with E-state index in [0.717, 1.165) is 36.4 Å². The lowest BCUT2D eigenvalue weighted by Crippen LogP contribution is -2.44. The molecule has 0 radical (unpaired) electrons. The molecule has 1 fully saturated rings. The predicted molar refractivity (Wildman–Crippen MR) is 96.3 cm³/mol. The van der Waals surface area contributed by atoms with Crippen molar-refractivity contribution in [3.05, 3.63) is 42.5 Å². The van der Waals surface area contributed by atoms with Crippen LogP contribution in [-0.2, 0) is 6.54 Å². The lowest BCUT2D eigenvalue weighted by molar-refractivity contribution is 0.170. The number of nitrogens with zero attached hydrogens (tertiary/aromatic N) is 3. The van der Waals surface area contributed by atoms with Crippen LogP contribution in [0.25, 0.3) is 0 Å². The molecule has 1 aromatic heterocycles. The maximum Gasteiger partial charge on any atom is 0.318 e. The highest BCUT2D eigenvalue weighted by molar-refractivity contribution is 5.75. The number of urea groups is 1. The van der Waals surface area contributed by atoms with Crippen LogP contribution in [0.15, 0.2) is 36.9 Å². The minimum atomic E-state index is -0.0185. The lowest BCUT2D eigenvalue weighted by Gasteiger charge is -2.28. The molecule has 0 unspecified atom stereocenters. The van der Waals surface area contributed by atoms with Gasteiger partial charge in [0.15, 0.2) is 11.5 Å². The van der Waals surface area contributed by atoms with Gasteiger partial charge >= 0.3 is 6.03 Å². The van der Waals surface area contributed by atoms with Crippen LogP contribution in [0.1, 0.15) is 31.4 Å². The maximum atomic E-state index is 12.8. The van der Waals surface area contributed by atoms with Crippen molar-refractivity contribution >= 4 is 6.03 Å². The predicted octanol–water partition coefficient (Wildman–Crippen LogP) is 2.59. The van der Waals surface area contributed by atoms with Crippen molar-refractivity contribution in [3.63, 3.8) is 0 Å². The number of imidazole rings is 1. The molecule has 26 heavy (non-hydrogen) atoms. The zero-order valence-electron chi connectivity index (χ0n) is 14.9. The summed E-state index contributed by atoms with van der Waals surface area (Å²) in [6.07, 6.45) is 7.37. The number of fused-ring (bicyclic) bond motifs is 1. The fourth-order valence-corrected chi connectivity index (χ4v) is 3.67. The Hall–Kier alpha value is -2.70. The smallest absolute Gasteiger partial charge is 0.318 e. The van der Waals surface area contributed by atoms with Crippen LogP contribution in [0, 0.1) is 0 Å². The summed E-state index contributed by atoms with van der Waals surface area (Å²) in [7, 11) is 0. The molecule has 0 spiro atoms. The van der Waals surface area contributed by atoms with E-state index in [0.29, 0.717) is 19.8 Å². The third kappa shape index (κ3) is 3.47. The summed E-state index contributed by atoms with van der Waals surface area (Å²) in [6.45, 7) is 4.63. The summed E-state index contributed by atoms with van der Waals surface area (Å²) >= 11 is 0. The summed E-state index contributed by atoms with van der Waals surface area (Å²) < 4.78 is 13.2. The summed E-state index contributed by atoms with van der Waals surface area (Å²) in [5.41, 5.74) is 1.10. The van der Waals surface area contributed by atoms with Crippen molar-refractivity contribution in [1.82, 2.24) is 19.8 Å². The fraction of sp³-hybridized carbons (Fsp3) is 0.474. The molecule has 138 valence electrons. The second-order valence-corrected chi connectivity index (χ2v) is 6.86. The number of likely N-dealkylation sites (tertiary alicyclic amines) is 1. The Labute approximate surface area is 152 Å². The van der Waals surface area contributed by atoms with Gasteiger partial charge in [0.05, 0.1) is 12.4 Å². The molecule has 2 atom stereocenters. The lowest BCUT2D eigenvalue weighted by atomic mass is 10.0. The van der Waals surface area contributed by atoms with Gasteiger partial charge in [0, 0.05) is 31.5 Å².